The molecule has 2 amide bonds. The van der Waals surface area contributed by atoms with Gasteiger partial charge in [0.1, 0.15) is 5.82 Å². The van der Waals surface area contributed by atoms with Gasteiger partial charge in [-0.15, -0.1) is 0 Å². The Morgan fingerprint density at radius 3 is 3.00 bits per heavy atom. The molecule has 0 spiro atoms. The predicted octanol–water partition coefficient (Wildman–Crippen LogP) is 0.987. The molecule has 3 rings (SSSR count). The zero-order chi connectivity index (χ0) is 16.2. The van der Waals surface area contributed by atoms with Crippen molar-refractivity contribution in [1.82, 2.24) is 24.7 Å². The standard InChI is InChI=1S/C16H27N5O2/c1-19-9-10-21(12-14(19)15-17-7-8-20(15)2)16(22)18-6-5-13-4-3-11-23-13/h7-8,13-14H,3-6,9-12H2,1-2H3,(H,18,22)/t13-,14-/m1/s1. The number of aryl methyl sites for hydroxylation is 1. The molecule has 1 aromatic heterocycles. The number of imidazole rings is 1. The second-order valence-corrected chi connectivity index (χ2v) is 6.49. The Labute approximate surface area is 137 Å². The largest absolute Gasteiger partial charge is 0.378 e. The lowest BCUT2D eigenvalue weighted by Crippen LogP contribution is -2.52. The molecule has 0 bridgehead atoms. The van der Waals surface area contributed by atoms with Gasteiger partial charge >= 0.3 is 6.03 Å². The van der Waals surface area contributed by atoms with Crippen molar-refractivity contribution in [2.45, 2.75) is 31.4 Å². The molecular weight excluding hydrogens is 294 g/mol. The molecule has 0 aromatic carbocycles. The monoisotopic (exact) mass is 321 g/mol. The van der Waals surface area contributed by atoms with E-state index in [0.717, 1.165) is 44.8 Å². The summed E-state index contributed by atoms with van der Waals surface area (Å²) in [5.74, 6) is 1.00. The van der Waals surface area contributed by atoms with Crippen LogP contribution in [-0.4, -0.2) is 71.3 Å². The zero-order valence-electron chi connectivity index (χ0n) is 14.1. The van der Waals surface area contributed by atoms with E-state index in [4.69, 9.17) is 4.74 Å². The average Bonchev–Trinajstić information content (AvgIpc) is 3.19. The van der Waals surface area contributed by atoms with Crippen LogP contribution in [0.2, 0.25) is 0 Å². The van der Waals surface area contributed by atoms with Gasteiger partial charge in [0.15, 0.2) is 0 Å². The number of carbonyl (C=O) groups is 1. The molecule has 0 radical (unpaired) electrons. The molecule has 7 nitrogen and oxygen atoms in total. The molecule has 1 aromatic rings. The van der Waals surface area contributed by atoms with Crippen LogP contribution >= 0.6 is 0 Å². The van der Waals surface area contributed by atoms with Gasteiger partial charge in [-0.3, -0.25) is 4.90 Å². The minimum atomic E-state index is 0.0234. The maximum absolute atomic E-state index is 12.4. The van der Waals surface area contributed by atoms with Crippen LogP contribution in [0.5, 0.6) is 0 Å². The summed E-state index contributed by atoms with van der Waals surface area (Å²) in [4.78, 5) is 21.0. The molecular formula is C16H27N5O2. The number of hydrogen-bond acceptors (Lipinski definition) is 4. The molecule has 0 aliphatic carbocycles. The van der Waals surface area contributed by atoms with Crippen LogP contribution in [-0.2, 0) is 11.8 Å². The molecule has 2 atom stereocenters. The third-order valence-electron chi connectivity index (χ3n) is 4.86. The van der Waals surface area contributed by atoms with Gasteiger partial charge < -0.3 is 19.5 Å². The lowest BCUT2D eigenvalue weighted by atomic mass is 10.1. The SMILES string of the molecule is CN1CCN(C(=O)NCC[C@H]2CCCO2)C[C@@H]1c1nccn1C. The van der Waals surface area contributed by atoms with Crippen molar-refractivity contribution in [3.05, 3.63) is 18.2 Å². The fourth-order valence-corrected chi connectivity index (χ4v) is 3.36. The maximum Gasteiger partial charge on any atom is 0.317 e. The number of aromatic nitrogens is 2. The second-order valence-electron chi connectivity index (χ2n) is 6.49. The molecule has 7 heteroatoms. The number of piperazine rings is 1. The summed E-state index contributed by atoms with van der Waals surface area (Å²) in [5.41, 5.74) is 0. The Morgan fingerprint density at radius 1 is 1.43 bits per heavy atom. The average molecular weight is 321 g/mol. The number of ether oxygens (including phenoxy) is 1. The van der Waals surface area contributed by atoms with Crippen molar-refractivity contribution in [2.75, 3.05) is 39.8 Å². The highest BCUT2D eigenvalue weighted by atomic mass is 16.5. The van der Waals surface area contributed by atoms with E-state index in [1.165, 1.54) is 0 Å². The van der Waals surface area contributed by atoms with E-state index in [2.05, 4.69) is 22.2 Å². The lowest BCUT2D eigenvalue weighted by molar-refractivity contribution is 0.0967. The normalized spacial score (nSPS) is 25.7. The molecule has 0 saturated carbocycles. The third-order valence-corrected chi connectivity index (χ3v) is 4.86. The molecule has 0 unspecified atom stereocenters. The summed E-state index contributed by atoms with van der Waals surface area (Å²) in [5, 5.41) is 3.04. The smallest absolute Gasteiger partial charge is 0.317 e. The first-order valence-electron chi connectivity index (χ1n) is 8.47. The number of nitrogens with zero attached hydrogens (tertiary/aromatic N) is 4. The van der Waals surface area contributed by atoms with Crippen molar-refractivity contribution in [1.29, 1.82) is 0 Å². The number of likely N-dealkylation sites (N-methyl/N-ethyl adjacent to an activating group) is 1. The van der Waals surface area contributed by atoms with Crippen LogP contribution in [0, 0.1) is 0 Å². The predicted molar refractivity (Wildman–Crippen MR) is 87.1 cm³/mol. The molecule has 23 heavy (non-hydrogen) atoms. The quantitative estimate of drug-likeness (QED) is 0.898. The Hall–Kier alpha value is -1.60. The molecule has 2 aliphatic heterocycles. The summed E-state index contributed by atoms with van der Waals surface area (Å²) in [6.45, 7) is 3.83. The molecule has 1 N–H and O–H groups in total. The first-order valence-corrected chi connectivity index (χ1v) is 8.47. The molecule has 3 heterocycles. The minimum absolute atomic E-state index is 0.0234. The first kappa shape index (κ1) is 16.3. The maximum atomic E-state index is 12.4. The topological polar surface area (TPSA) is 62.6 Å². The fourth-order valence-electron chi connectivity index (χ4n) is 3.36. The van der Waals surface area contributed by atoms with Gasteiger partial charge in [-0.25, -0.2) is 9.78 Å². The molecule has 2 fully saturated rings. The second kappa shape index (κ2) is 7.31. The molecule has 2 saturated heterocycles. The van der Waals surface area contributed by atoms with Crippen LogP contribution in [0.3, 0.4) is 0 Å². The van der Waals surface area contributed by atoms with E-state index in [-0.39, 0.29) is 12.1 Å². The van der Waals surface area contributed by atoms with Gasteiger partial charge in [-0.05, 0) is 26.3 Å². The van der Waals surface area contributed by atoms with Gasteiger partial charge in [0.25, 0.3) is 0 Å². The van der Waals surface area contributed by atoms with Crippen molar-refractivity contribution in [3.63, 3.8) is 0 Å². The van der Waals surface area contributed by atoms with Crippen LogP contribution in [0.25, 0.3) is 0 Å². The number of nitrogens with one attached hydrogen (secondary N) is 1. The van der Waals surface area contributed by atoms with Crippen LogP contribution in [0.1, 0.15) is 31.1 Å². The molecule has 128 valence electrons. The van der Waals surface area contributed by atoms with Gasteiger partial charge in [0.05, 0.1) is 12.1 Å². The van der Waals surface area contributed by atoms with Gasteiger partial charge in [0, 0.05) is 52.2 Å². The van der Waals surface area contributed by atoms with Crippen molar-refractivity contribution >= 4 is 6.03 Å². The zero-order valence-corrected chi connectivity index (χ0v) is 14.1. The van der Waals surface area contributed by atoms with Gasteiger partial charge in [-0.2, -0.15) is 0 Å². The number of hydrogen-bond donors (Lipinski definition) is 1. The summed E-state index contributed by atoms with van der Waals surface area (Å²) >= 11 is 0. The summed E-state index contributed by atoms with van der Waals surface area (Å²) in [6.07, 6.45) is 7.24. The Kier molecular flexibility index (Phi) is 5.17. The third kappa shape index (κ3) is 3.84. The fraction of sp³-hybridized carbons (Fsp3) is 0.750. The Morgan fingerprint density at radius 2 is 2.30 bits per heavy atom. The minimum Gasteiger partial charge on any atom is -0.378 e. The van der Waals surface area contributed by atoms with Crippen molar-refractivity contribution in [3.8, 4) is 0 Å². The number of amides is 2. The number of rotatable bonds is 4. The number of urea groups is 1. The lowest BCUT2D eigenvalue weighted by Gasteiger charge is -2.38. The van der Waals surface area contributed by atoms with E-state index in [0.29, 0.717) is 19.2 Å². The van der Waals surface area contributed by atoms with Crippen LogP contribution in [0.4, 0.5) is 4.79 Å². The van der Waals surface area contributed by atoms with Crippen molar-refractivity contribution in [2.24, 2.45) is 7.05 Å². The van der Waals surface area contributed by atoms with Gasteiger partial charge in [0.2, 0.25) is 0 Å². The van der Waals surface area contributed by atoms with E-state index in [1.807, 2.05) is 28.9 Å². The van der Waals surface area contributed by atoms with E-state index < -0.39 is 0 Å². The van der Waals surface area contributed by atoms with Crippen LogP contribution in [0.15, 0.2) is 12.4 Å². The highest BCUT2D eigenvalue weighted by molar-refractivity contribution is 5.74. The summed E-state index contributed by atoms with van der Waals surface area (Å²) in [7, 11) is 4.09. The summed E-state index contributed by atoms with van der Waals surface area (Å²) in [6, 6.07) is 0.169. The molecule has 2 aliphatic rings. The highest BCUT2D eigenvalue weighted by Crippen LogP contribution is 2.22. The highest BCUT2D eigenvalue weighted by Gasteiger charge is 2.30. The Bertz CT molecular complexity index is 526. The van der Waals surface area contributed by atoms with E-state index >= 15 is 0 Å². The van der Waals surface area contributed by atoms with Crippen molar-refractivity contribution < 1.29 is 9.53 Å². The number of carbonyl (C=O) groups excluding carboxylic acids is 1. The Balaban J connectivity index is 1.51. The first-order chi connectivity index (χ1) is 11.1. The van der Waals surface area contributed by atoms with Gasteiger partial charge in [-0.1, -0.05) is 0 Å². The van der Waals surface area contributed by atoms with Crippen LogP contribution < -0.4 is 5.32 Å². The summed E-state index contributed by atoms with van der Waals surface area (Å²) < 4.78 is 7.62. The van der Waals surface area contributed by atoms with E-state index in [1.54, 1.807) is 0 Å². The van der Waals surface area contributed by atoms with E-state index in [9.17, 15) is 4.79 Å².